The number of aromatic nitrogens is 2. The fourth-order valence-corrected chi connectivity index (χ4v) is 5.44. The van der Waals surface area contributed by atoms with Crippen molar-refractivity contribution in [1.29, 1.82) is 0 Å². The van der Waals surface area contributed by atoms with Crippen LogP contribution in [-0.2, 0) is 6.42 Å². The van der Waals surface area contributed by atoms with Gasteiger partial charge in [-0.2, -0.15) is 5.10 Å². The Balaban J connectivity index is 1.58. The smallest absolute Gasteiger partial charge is 0.273 e. The number of phenols is 1. The lowest BCUT2D eigenvalue weighted by atomic mass is 9.93. The molecule has 0 aliphatic carbocycles. The molecule has 1 amide bonds. The summed E-state index contributed by atoms with van der Waals surface area (Å²) in [7, 11) is 3.21. The first-order valence-corrected chi connectivity index (χ1v) is 13.0. The number of ether oxygens (including phenoxy) is 3. The molecule has 202 valence electrons. The van der Waals surface area contributed by atoms with Crippen molar-refractivity contribution >= 4 is 5.91 Å². The average Bonchev–Trinajstić information content (AvgIpc) is 3.45. The molecule has 5 rings (SSSR count). The van der Waals surface area contributed by atoms with Crippen LogP contribution in [0.2, 0.25) is 0 Å². The highest BCUT2D eigenvalue weighted by atomic mass is 16.5. The standard InChI is InChI=1S/C31H33N3O5/c1-6-39-22-9-7-8-21(17-22)30-27-28(26-19(3)14-18(2)15-23(26)35)32-33-29(27)31(36)34(30)13-12-20-10-11-24(37-4)25(16-20)38-5/h7-11,14-17,30,35H,6,12-13H2,1-5H3,(H,32,33). The summed E-state index contributed by atoms with van der Waals surface area (Å²) in [5, 5.41) is 18.5. The number of aromatic amines is 1. The maximum absolute atomic E-state index is 13.8. The molecule has 8 heteroatoms. The van der Waals surface area contributed by atoms with Crippen LogP contribution in [0.5, 0.6) is 23.0 Å². The first kappa shape index (κ1) is 26.2. The summed E-state index contributed by atoms with van der Waals surface area (Å²) in [4.78, 5) is 15.7. The van der Waals surface area contributed by atoms with E-state index >= 15 is 0 Å². The number of rotatable bonds is 9. The molecule has 3 aromatic carbocycles. The molecule has 2 heterocycles. The van der Waals surface area contributed by atoms with Gasteiger partial charge in [0.05, 0.1) is 26.9 Å². The number of hydrogen-bond donors (Lipinski definition) is 2. The third kappa shape index (κ3) is 4.78. The number of hydrogen-bond acceptors (Lipinski definition) is 6. The molecular weight excluding hydrogens is 494 g/mol. The van der Waals surface area contributed by atoms with Gasteiger partial charge in [0.1, 0.15) is 22.9 Å². The normalized spacial score (nSPS) is 14.4. The number of carbonyl (C=O) groups excluding carboxylic acids is 1. The molecule has 1 aliphatic heterocycles. The lowest BCUT2D eigenvalue weighted by Crippen LogP contribution is -2.31. The van der Waals surface area contributed by atoms with Gasteiger partial charge in [-0.25, -0.2) is 0 Å². The summed E-state index contributed by atoms with van der Waals surface area (Å²) < 4.78 is 16.6. The van der Waals surface area contributed by atoms with Gasteiger partial charge in [-0.3, -0.25) is 9.89 Å². The van der Waals surface area contributed by atoms with E-state index in [1.165, 1.54) is 0 Å². The van der Waals surface area contributed by atoms with E-state index in [2.05, 4.69) is 10.2 Å². The Bertz CT molecular complexity index is 1500. The Kier molecular flexibility index (Phi) is 7.19. The third-order valence-corrected chi connectivity index (χ3v) is 7.13. The fraction of sp³-hybridized carbons (Fsp3) is 0.290. The minimum absolute atomic E-state index is 0.139. The molecule has 39 heavy (non-hydrogen) atoms. The topological polar surface area (TPSA) is 96.9 Å². The Labute approximate surface area is 228 Å². The summed E-state index contributed by atoms with van der Waals surface area (Å²) in [6.07, 6.45) is 0.607. The molecule has 1 aromatic heterocycles. The highest BCUT2D eigenvalue weighted by Gasteiger charge is 2.42. The van der Waals surface area contributed by atoms with Crippen LogP contribution >= 0.6 is 0 Å². The molecule has 4 aromatic rings. The molecule has 0 bridgehead atoms. The molecule has 0 fully saturated rings. The molecule has 0 saturated heterocycles. The van der Waals surface area contributed by atoms with Gasteiger partial charge in [0.15, 0.2) is 11.5 Å². The largest absolute Gasteiger partial charge is 0.507 e. The van der Waals surface area contributed by atoms with Crippen molar-refractivity contribution in [1.82, 2.24) is 15.1 Å². The SMILES string of the molecule is CCOc1cccc(C2c3c(-c4c(C)cc(C)cc4O)n[nH]c3C(=O)N2CCc2ccc(OC)c(OC)c2)c1. The second kappa shape index (κ2) is 10.7. The Morgan fingerprint density at radius 3 is 2.54 bits per heavy atom. The van der Waals surface area contributed by atoms with Gasteiger partial charge in [0.25, 0.3) is 5.91 Å². The lowest BCUT2D eigenvalue weighted by molar-refractivity contribution is 0.0745. The zero-order chi connectivity index (χ0) is 27.7. The van der Waals surface area contributed by atoms with Crippen LogP contribution < -0.4 is 14.2 Å². The average molecular weight is 528 g/mol. The number of aryl methyl sites for hydroxylation is 2. The highest BCUT2D eigenvalue weighted by Crippen LogP contribution is 2.46. The van der Waals surface area contributed by atoms with Crippen LogP contribution in [0.25, 0.3) is 11.3 Å². The maximum atomic E-state index is 13.8. The predicted octanol–water partition coefficient (Wildman–Crippen LogP) is 5.60. The summed E-state index contributed by atoms with van der Waals surface area (Å²) in [5.41, 5.74) is 6.16. The van der Waals surface area contributed by atoms with Crippen LogP contribution in [0, 0.1) is 13.8 Å². The van der Waals surface area contributed by atoms with Gasteiger partial charge in [-0.05, 0) is 79.8 Å². The molecule has 8 nitrogen and oxygen atoms in total. The van der Waals surface area contributed by atoms with Crippen molar-refractivity contribution in [2.75, 3.05) is 27.4 Å². The molecule has 1 atom stereocenters. The lowest BCUT2D eigenvalue weighted by Gasteiger charge is -2.27. The van der Waals surface area contributed by atoms with Crippen LogP contribution in [0.15, 0.2) is 54.6 Å². The number of phenolic OH excluding ortho intramolecular Hbond substituents is 1. The summed E-state index contributed by atoms with van der Waals surface area (Å²) >= 11 is 0. The Morgan fingerprint density at radius 2 is 1.82 bits per heavy atom. The van der Waals surface area contributed by atoms with Crippen molar-refractivity contribution in [2.45, 2.75) is 33.2 Å². The van der Waals surface area contributed by atoms with E-state index in [1.54, 1.807) is 20.3 Å². The van der Waals surface area contributed by atoms with E-state index in [9.17, 15) is 9.90 Å². The van der Waals surface area contributed by atoms with Gasteiger partial charge in [0, 0.05) is 17.7 Å². The van der Waals surface area contributed by atoms with Crippen molar-refractivity contribution in [3.05, 3.63) is 88.1 Å². The zero-order valence-electron chi connectivity index (χ0n) is 22.9. The summed E-state index contributed by atoms with van der Waals surface area (Å²) in [5.74, 6) is 2.03. The monoisotopic (exact) mass is 527 g/mol. The molecule has 0 saturated carbocycles. The van der Waals surface area contributed by atoms with Crippen LogP contribution in [0.4, 0.5) is 0 Å². The molecule has 1 aliphatic rings. The first-order chi connectivity index (χ1) is 18.9. The van der Waals surface area contributed by atoms with E-state index in [-0.39, 0.29) is 11.7 Å². The predicted molar refractivity (Wildman–Crippen MR) is 149 cm³/mol. The second-order valence-electron chi connectivity index (χ2n) is 9.68. The van der Waals surface area contributed by atoms with Crippen LogP contribution in [-0.4, -0.2) is 53.5 Å². The molecule has 2 N–H and O–H groups in total. The van der Waals surface area contributed by atoms with Crippen LogP contribution in [0.3, 0.4) is 0 Å². The number of nitrogens with one attached hydrogen (secondary N) is 1. The number of carbonyl (C=O) groups is 1. The zero-order valence-corrected chi connectivity index (χ0v) is 22.9. The number of benzene rings is 3. The molecular formula is C31H33N3O5. The van der Waals surface area contributed by atoms with Gasteiger partial charge >= 0.3 is 0 Å². The van der Waals surface area contributed by atoms with Crippen molar-refractivity contribution in [2.24, 2.45) is 0 Å². The van der Waals surface area contributed by atoms with E-state index in [0.717, 1.165) is 33.6 Å². The number of fused-ring (bicyclic) bond motifs is 1. The number of methoxy groups -OCH3 is 2. The van der Waals surface area contributed by atoms with Gasteiger partial charge < -0.3 is 24.2 Å². The minimum atomic E-state index is -0.415. The Hall–Kier alpha value is -4.46. The first-order valence-electron chi connectivity index (χ1n) is 13.0. The van der Waals surface area contributed by atoms with Gasteiger partial charge in [-0.15, -0.1) is 0 Å². The van der Waals surface area contributed by atoms with E-state index in [0.29, 0.717) is 48.0 Å². The third-order valence-electron chi connectivity index (χ3n) is 7.13. The van der Waals surface area contributed by atoms with E-state index in [1.807, 2.05) is 74.2 Å². The van der Waals surface area contributed by atoms with E-state index in [4.69, 9.17) is 14.2 Å². The van der Waals surface area contributed by atoms with Gasteiger partial charge in [-0.1, -0.05) is 24.3 Å². The quantitative estimate of drug-likeness (QED) is 0.294. The van der Waals surface area contributed by atoms with Gasteiger partial charge in [0.2, 0.25) is 0 Å². The number of amides is 1. The van der Waals surface area contributed by atoms with E-state index < -0.39 is 6.04 Å². The summed E-state index contributed by atoms with van der Waals surface area (Å²) in [6.45, 7) is 6.82. The number of H-pyrrole nitrogens is 1. The second-order valence-corrected chi connectivity index (χ2v) is 9.68. The summed E-state index contributed by atoms with van der Waals surface area (Å²) in [6, 6.07) is 16.9. The van der Waals surface area contributed by atoms with Crippen molar-refractivity contribution < 1.29 is 24.1 Å². The number of aromatic hydroxyl groups is 1. The van der Waals surface area contributed by atoms with Crippen LogP contribution in [0.1, 0.15) is 51.3 Å². The fourth-order valence-electron chi connectivity index (χ4n) is 5.44. The number of nitrogens with zero attached hydrogens (tertiary/aromatic N) is 2. The molecule has 1 unspecified atom stereocenters. The molecule has 0 radical (unpaired) electrons. The Morgan fingerprint density at radius 1 is 1.03 bits per heavy atom. The maximum Gasteiger partial charge on any atom is 0.273 e. The molecule has 0 spiro atoms. The minimum Gasteiger partial charge on any atom is -0.507 e. The van der Waals surface area contributed by atoms with Crippen molar-refractivity contribution in [3.63, 3.8) is 0 Å². The van der Waals surface area contributed by atoms with Crippen molar-refractivity contribution in [3.8, 4) is 34.3 Å². The highest BCUT2D eigenvalue weighted by molar-refractivity contribution is 6.00.